The molecule has 2 rings (SSSR count). The van der Waals surface area contributed by atoms with E-state index < -0.39 is 16.2 Å². The Balaban J connectivity index is 3.05. The summed E-state index contributed by atoms with van der Waals surface area (Å²) in [6, 6.07) is 1.29. The summed E-state index contributed by atoms with van der Waals surface area (Å²) in [5.74, 6) is 0. The Morgan fingerprint density at radius 2 is 2.11 bits per heavy atom. The number of rotatable bonds is 1. The number of nitrogens with one attached hydrogen (secondary N) is 2. The molecule has 0 saturated carbocycles. The Morgan fingerprint density at radius 1 is 1.42 bits per heavy atom. The van der Waals surface area contributed by atoms with Crippen LogP contribution in [0.4, 0.5) is 5.69 Å². The van der Waals surface area contributed by atoms with Crippen LogP contribution < -0.4 is 11.0 Å². The third-order valence-electron chi connectivity index (χ3n) is 2.25. The van der Waals surface area contributed by atoms with Crippen molar-refractivity contribution in [2.24, 2.45) is 4.99 Å². The number of aromatic nitrogens is 2. The number of benzene rings is 1. The van der Waals surface area contributed by atoms with Gasteiger partial charge in [-0.25, -0.2) is 0 Å². The molecule has 1 aromatic carbocycles. The third-order valence-corrected chi connectivity index (χ3v) is 3.02. The molecule has 0 saturated heterocycles. The van der Waals surface area contributed by atoms with Crippen LogP contribution in [0, 0.1) is 21.6 Å². The molecule has 0 amide bonds. The van der Waals surface area contributed by atoms with Gasteiger partial charge in [-0.15, -0.1) is 4.99 Å². The van der Waals surface area contributed by atoms with E-state index in [0.29, 0.717) is 0 Å². The van der Waals surface area contributed by atoms with Crippen molar-refractivity contribution in [2.45, 2.75) is 0 Å². The zero-order valence-electron chi connectivity index (χ0n) is 8.90. The molecule has 0 atom stereocenters. The molecule has 19 heavy (non-hydrogen) atoms. The van der Waals surface area contributed by atoms with E-state index in [-0.39, 0.29) is 26.6 Å². The quantitative estimate of drug-likeness (QED) is 0.469. The summed E-state index contributed by atoms with van der Waals surface area (Å²) in [7, 11) is 0. The number of nitrogens with zero attached hydrogens (tertiary/aromatic N) is 3. The number of nitro groups is 1. The fourth-order valence-corrected chi connectivity index (χ4v) is 1.91. The maximum Gasteiger partial charge on any atom is 0.314 e. The first-order valence-electron chi connectivity index (χ1n) is 4.67. The highest BCUT2D eigenvalue weighted by Gasteiger charge is 2.22. The summed E-state index contributed by atoms with van der Waals surface area (Å²) >= 11 is 11.5. The van der Waals surface area contributed by atoms with Crippen molar-refractivity contribution in [1.29, 1.82) is 5.26 Å². The minimum absolute atomic E-state index is 0.0629. The number of aromatic amines is 2. The maximum atomic E-state index is 11.6. The van der Waals surface area contributed by atoms with E-state index in [1.165, 1.54) is 12.3 Å². The second-order valence-electron chi connectivity index (χ2n) is 3.34. The lowest BCUT2D eigenvalue weighted by molar-refractivity contribution is -0.383. The number of halogens is 2. The summed E-state index contributed by atoms with van der Waals surface area (Å²) in [6.45, 7) is 0. The molecule has 1 aromatic heterocycles. The Hall–Kier alpha value is -2.37. The monoisotopic (exact) mass is 299 g/mol. The van der Waals surface area contributed by atoms with Crippen LogP contribution in [-0.4, -0.2) is 14.9 Å². The number of hydrogen-bond acceptors (Lipinski definition) is 5. The first-order chi connectivity index (χ1) is 8.95. The fraction of sp³-hybridized carbons (Fsp3) is 0. The summed E-state index contributed by atoms with van der Waals surface area (Å²) < 4.78 is 0. The van der Waals surface area contributed by atoms with E-state index in [1.807, 2.05) is 0 Å². The maximum absolute atomic E-state index is 11.6. The standard InChI is InChI=1S/C9H3Cl2N5O3/c10-3-1-4-6(7(5(3)11)16(18)19)15-9(17)8(14-4)13-2-12/h1H,(H,13,14)(H,15,17). The highest BCUT2D eigenvalue weighted by atomic mass is 35.5. The Morgan fingerprint density at radius 3 is 2.68 bits per heavy atom. The van der Waals surface area contributed by atoms with Crippen molar-refractivity contribution in [3.05, 3.63) is 42.1 Å². The Kier molecular flexibility index (Phi) is 3.25. The van der Waals surface area contributed by atoms with Crippen LogP contribution in [0.15, 0.2) is 15.9 Å². The van der Waals surface area contributed by atoms with Crippen LogP contribution in [0.3, 0.4) is 0 Å². The van der Waals surface area contributed by atoms with Gasteiger partial charge in [0.2, 0.25) is 11.7 Å². The molecule has 96 valence electrons. The zero-order chi connectivity index (χ0) is 14.2. The zero-order valence-corrected chi connectivity index (χ0v) is 10.4. The summed E-state index contributed by atoms with van der Waals surface area (Å²) in [5, 5.41) is 19.0. The lowest BCUT2D eigenvalue weighted by atomic mass is 10.2. The van der Waals surface area contributed by atoms with Crippen LogP contribution >= 0.6 is 23.2 Å². The van der Waals surface area contributed by atoms with E-state index in [0.717, 1.165) is 0 Å². The van der Waals surface area contributed by atoms with E-state index in [2.05, 4.69) is 15.0 Å². The highest BCUT2D eigenvalue weighted by Crippen LogP contribution is 2.36. The van der Waals surface area contributed by atoms with Crippen molar-refractivity contribution in [3.8, 4) is 6.19 Å². The van der Waals surface area contributed by atoms with E-state index in [1.54, 1.807) is 0 Å². The predicted octanol–water partition coefficient (Wildman–Crippen LogP) is 1.45. The normalized spacial score (nSPS) is 11.5. The first-order valence-corrected chi connectivity index (χ1v) is 5.42. The van der Waals surface area contributed by atoms with E-state index in [4.69, 9.17) is 28.5 Å². The number of nitro benzene ring substituents is 1. The molecule has 2 aromatic rings. The molecule has 0 radical (unpaired) electrons. The molecular formula is C9H3Cl2N5O3. The molecule has 0 aliphatic heterocycles. The van der Waals surface area contributed by atoms with Crippen LogP contribution in [0.5, 0.6) is 0 Å². The second-order valence-corrected chi connectivity index (χ2v) is 4.13. The van der Waals surface area contributed by atoms with Crippen LogP contribution in [0.2, 0.25) is 10.0 Å². The van der Waals surface area contributed by atoms with Gasteiger partial charge in [-0.1, -0.05) is 23.2 Å². The predicted molar refractivity (Wildman–Crippen MR) is 66.8 cm³/mol. The summed E-state index contributed by atoms with van der Waals surface area (Å²) in [5.41, 5.74) is -1.59. The second kappa shape index (κ2) is 4.72. The number of hydrogen-bond donors (Lipinski definition) is 2. The number of nitriles is 1. The molecule has 0 aliphatic rings. The van der Waals surface area contributed by atoms with Crippen molar-refractivity contribution in [3.63, 3.8) is 0 Å². The van der Waals surface area contributed by atoms with Crippen LogP contribution in [0.25, 0.3) is 11.0 Å². The van der Waals surface area contributed by atoms with Gasteiger partial charge in [-0.3, -0.25) is 14.9 Å². The molecule has 0 unspecified atom stereocenters. The average molecular weight is 300 g/mol. The van der Waals surface area contributed by atoms with Crippen molar-refractivity contribution in [2.75, 3.05) is 0 Å². The van der Waals surface area contributed by atoms with Crippen LogP contribution in [0.1, 0.15) is 0 Å². The van der Waals surface area contributed by atoms with Crippen molar-refractivity contribution < 1.29 is 4.92 Å². The van der Waals surface area contributed by atoms with Crippen LogP contribution in [-0.2, 0) is 0 Å². The molecule has 0 fully saturated rings. The molecule has 2 N–H and O–H groups in total. The minimum atomic E-state index is -0.782. The fourth-order valence-electron chi connectivity index (χ4n) is 1.50. The highest BCUT2D eigenvalue weighted by molar-refractivity contribution is 6.44. The average Bonchev–Trinajstić information content (AvgIpc) is 2.33. The molecule has 8 nitrogen and oxygen atoms in total. The summed E-state index contributed by atoms with van der Waals surface area (Å²) in [6.07, 6.45) is 1.43. The topological polar surface area (TPSA) is 128 Å². The van der Waals surface area contributed by atoms with Gasteiger partial charge in [0.15, 0.2) is 0 Å². The first kappa shape index (κ1) is 13.1. The van der Waals surface area contributed by atoms with Gasteiger partial charge in [-0.05, 0) is 6.07 Å². The SMILES string of the molecule is N#C/N=c1/[nH]c2cc(Cl)c(Cl)c([N+](=O)[O-])c2[nH]c1=O. The van der Waals surface area contributed by atoms with Gasteiger partial charge < -0.3 is 9.97 Å². The number of fused-ring (bicyclic) bond motifs is 1. The number of H-pyrrole nitrogens is 2. The van der Waals surface area contributed by atoms with Gasteiger partial charge in [0.1, 0.15) is 10.5 Å². The Labute approximate surface area is 114 Å². The Bertz CT molecular complexity index is 861. The van der Waals surface area contributed by atoms with Crippen molar-refractivity contribution in [1.82, 2.24) is 9.97 Å². The third kappa shape index (κ3) is 2.16. The van der Waals surface area contributed by atoms with E-state index in [9.17, 15) is 14.9 Å². The largest absolute Gasteiger partial charge is 0.333 e. The molecule has 1 heterocycles. The lowest BCUT2D eigenvalue weighted by Gasteiger charge is -2.03. The molecule has 10 heteroatoms. The minimum Gasteiger partial charge on any atom is -0.333 e. The van der Waals surface area contributed by atoms with Gasteiger partial charge in [0.05, 0.1) is 15.5 Å². The van der Waals surface area contributed by atoms with Gasteiger partial charge in [0.25, 0.3) is 5.56 Å². The van der Waals surface area contributed by atoms with Gasteiger partial charge in [0, 0.05) is 0 Å². The van der Waals surface area contributed by atoms with Gasteiger partial charge >= 0.3 is 5.69 Å². The molecular weight excluding hydrogens is 297 g/mol. The smallest absolute Gasteiger partial charge is 0.314 e. The summed E-state index contributed by atoms with van der Waals surface area (Å²) in [4.78, 5) is 29.7. The van der Waals surface area contributed by atoms with Crippen molar-refractivity contribution >= 4 is 39.9 Å². The molecule has 0 spiro atoms. The molecule has 0 bridgehead atoms. The van der Waals surface area contributed by atoms with Gasteiger partial charge in [-0.2, -0.15) is 5.26 Å². The van der Waals surface area contributed by atoms with E-state index >= 15 is 0 Å². The molecule has 0 aliphatic carbocycles. The lowest BCUT2D eigenvalue weighted by Crippen LogP contribution is -2.30.